The van der Waals surface area contributed by atoms with Crippen molar-refractivity contribution in [2.24, 2.45) is 5.92 Å². The summed E-state index contributed by atoms with van der Waals surface area (Å²) in [5.74, 6) is 0.380. The molecule has 1 atom stereocenters. The fourth-order valence-electron chi connectivity index (χ4n) is 0.450. The molecule has 2 heteroatoms. The van der Waals surface area contributed by atoms with Crippen molar-refractivity contribution in [3.63, 3.8) is 0 Å². The highest BCUT2D eigenvalue weighted by atomic mass is 16.1. The van der Waals surface area contributed by atoms with Crippen molar-refractivity contribution in [3.05, 3.63) is 12.7 Å². The van der Waals surface area contributed by atoms with Gasteiger partial charge in [0.25, 0.3) is 0 Å². The molecule has 0 aromatic rings. The number of carbonyl (C=O) groups excluding carboxylic acids is 1. The van der Waals surface area contributed by atoms with E-state index in [1.54, 1.807) is 0 Å². The van der Waals surface area contributed by atoms with Gasteiger partial charge in [0.2, 0.25) is 5.91 Å². The molecule has 0 fully saturated rings. The van der Waals surface area contributed by atoms with Crippen molar-refractivity contribution in [3.8, 4) is 0 Å². The molecule has 0 aliphatic rings. The molecule has 2 nitrogen and oxygen atoms in total. The minimum Gasteiger partial charge on any atom is -0.350 e. The fourth-order valence-corrected chi connectivity index (χ4v) is 0.450. The maximum Gasteiger partial charge on any atom is 0.243 e. The van der Waals surface area contributed by atoms with Crippen LogP contribution in [0.15, 0.2) is 12.7 Å². The van der Waals surface area contributed by atoms with Gasteiger partial charge in [-0.25, -0.2) is 0 Å². The lowest BCUT2D eigenvalue weighted by atomic mass is 10.1. The molecule has 0 saturated carbocycles. The third-order valence-corrected chi connectivity index (χ3v) is 1.56. The van der Waals surface area contributed by atoms with E-state index in [0.717, 1.165) is 0 Å². The number of nitrogens with one attached hydrogen (secondary N) is 1. The number of hydrogen-bond donors (Lipinski definition) is 1. The maximum atomic E-state index is 10.7. The summed E-state index contributed by atoms with van der Waals surface area (Å²) in [6.45, 7) is 9.47. The summed E-state index contributed by atoms with van der Waals surface area (Å²) in [4.78, 5) is 10.7. The highest BCUT2D eigenvalue weighted by Crippen LogP contribution is 1.98. The zero-order valence-corrected chi connectivity index (χ0v) is 6.85. The third-order valence-electron chi connectivity index (χ3n) is 1.56. The topological polar surface area (TPSA) is 29.1 Å². The fraction of sp³-hybridized carbons (Fsp3) is 0.625. The van der Waals surface area contributed by atoms with Crippen molar-refractivity contribution in [2.75, 3.05) is 0 Å². The van der Waals surface area contributed by atoms with Gasteiger partial charge in [0, 0.05) is 6.04 Å². The SMILES string of the molecule is C=CC(=O)N[C@@H](C)C(C)C. The van der Waals surface area contributed by atoms with E-state index in [-0.39, 0.29) is 11.9 Å². The Balaban J connectivity index is 3.67. The van der Waals surface area contributed by atoms with E-state index in [2.05, 4.69) is 25.7 Å². The first-order valence-electron chi connectivity index (χ1n) is 3.51. The van der Waals surface area contributed by atoms with Gasteiger partial charge in [0.05, 0.1) is 0 Å². The van der Waals surface area contributed by atoms with Crippen LogP contribution in [0.2, 0.25) is 0 Å². The Morgan fingerprint density at radius 1 is 1.50 bits per heavy atom. The van der Waals surface area contributed by atoms with Crippen molar-refractivity contribution in [1.82, 2.24) is 5.32 Å². The van der Waals surface area contributed by atoms with Crippen molar-refractivity contribution >= 4 is 5.91 Å². The van der Waals surface area contributed by atoms with Crippen LogP contribution in [-0.4, -0.2) is 11.9 Å². The first kappa shape index (κ1) is 9.21. The zero-order valence-electron chi connectivity index (χ0n) is 6.85. The molecule has 0 rings (SSSR count). The van der Waals surface area contributed by atoms with Crippen LogP contribution in [0, 0.1) is 5.92 Å². The van der Waals surface area contributed by atoms with Gasteiger partial charge in [-0.05, 0) is 18.9 Å². The number of rotatable bonds is 3. The molecule has 0 aliphatic carbocycles. The van der Waals surface area contributed by atoms with Crippen molar-refractivity contribution < 1.29 is 4.79 Å². The molecular weight excluding hydrogens is 126 g/mol. The molecule has 0 radical (unpaired) electrons. The average molecular weight is 141 g/mol. The molecule has 0 heterocycles. The van der Waals surface area contributed by atoms with Crippen LogP contribution in [-0.2, 0) is 4.79 Å². The Morgan fingerprint density at radius 3 is 2.30 bits per heavy atom. The monoisotopic (exact) mass is 141 g/mol. The zero-order chi connectivity index (χ0) is 8.15. The van der Waals surface area contributed by atoms with Gasteiger partial charge in [-0.3, -0.25) is 4.79 Å². The Morgan fingerprint density at radius 2 is 2.00 bits per heavy atom. The molecule has 10 heavy (non-hydrogen) atoms. The lowest BCUT2D eigenvalue weighted by Gasteiger charge is -2.15. The second-order valence-electron chi connectivity index (χ2n) is 2.75. The summed E-state index contributed by atoms with van der Waals surface area (Å²) in [6.07, 6.45) is 1.29. The predicted octanol–water partition coefficient (Wildman–Crippen LogP) is 1.33. The van der Waals surface area contributed by atoms with Gasteiger partial charge in [-0.15, -0.1) is 0 Å². The van der Waals surface area contributed by atoms with Crippen molar-refractivity contribution in [1.29, 1.82) is 0 Å². The van der Waals surface area contributed by atoms with Crippen molar-refractivity contribution in [2.45, 2.75) is 26.8 Å². The molecule has 0 spiro atoms. The Bertz CT molecular complexity index is 129. The minimum atomic E-state index is -0.0961. The first-order chi connectivity index (χ1) is 4.57. The molecule has 0 saturated heterocycles. The summed E-state index contributed by atoms with van der Waals surface area (Å²) in [7, 11) is 0. The quantitative estimate of drug-likeness (QED) is 0.590. The third kappa shape index (κ3) is 3.28. The van der Waals surface area contributed by atoms with Crippen LogP contribution in [0.5, 0.6) is 0 Å². The second kappa shape index (κ2) is 4.09. The Hall–Kier alpha value is -0.790. The van der Waals surface area contributed by atoms with E-state index in [4.69, 9.17) is 0 Å². The standard InChI is InChI=1S/C8H15NO/c1-5-8(10)9-7(4)6(2)3/h5-7H,1H2,2-4H3,(H,9,10)/t7-/m0/s1. The van der Waals surface area contributed by atoms with E-state index in [9.17, 15) is 4.79 Å². The first-order valence-corrected chi connectivity index (χ1v) is 3.51. The highest BCUT2D eigenvalue weighted by Gasteiger charge is 2.07. The normalized spacial score (nSPS) is 12.8. The van der Waals surface area contributed by atoms with Gasteiger partial charge in [0.15, 0.2) is 0 Å². The van der Waals surface area contributed by atoms with Gasteiger partial charge < -0.3 is 5.32 Å². The van der Waals surface area contributed by atoms with E-state index in [1.807, 2.05) is 6.92 Å². The van der Waals surface area contributed by atoms with Crippen LogP contribution in [0.1, 0.15) is 20.8 Å². The lowest BCUT2D eigenvalue weighted by molar-refractivity contribution is -0.117. The minimum absolute atomic E-state index is 0.0961. The Kier molecular flexibility index (Phi) is 3.77. The molecule has 1 N–H and O–H groups in total. The smallest absolute Gasteiger partial charge is 0.243 e. The molecule has 0 aliphatic heterocycles. The molecule has 0 aromatic heterocycles. The average Bonchev–Trinajstić information content (AvgIpc) is 1.87. The van der Waals surface area contributed by atoms with Crippen LogP contribution in [0.25, 0.3) is 0 Å². The van der Waals surface area contributed by atoms with Gasteiger partial charge in [-0.1, -0.05) is 20.4 Å². The number of amides is 1. The predicted molar refractivity (Wildman–Crippen MR) is 42.6 cm³/mol. The molecule has 1 amide bonds. The summed E-state index contributed by atoms with van der Waals surface area (Å²) in [5, 5.41) is 2.77. The molecule has 0 bridgehead atoms. The lowest BCUT2D eigenvalue weighted by Crippen LogP contribution is -2.34. The molecule has 0 aromatic carbocycles. The summed E-state index contributed by atoms with van der Waals surface area (Å²) in [5.41, 5.74) is 0. The van der Waals surface area contributed by atoms with E-state index in [0.29, 0.717) is 5.92 Å². The molecular formula is C8H15NO. The number of carbonyl (C=O) groups is 1. The Labute approximate surface area is 62.3 Å². The van der Waals surface area contributed by atoms with E-state index >= 15 is 0 Å². The molecule has 0 unspecified atom stereocenters. The van der Waals surface area contributed by atoms with Gasteiger partial charge in [-0.2, -0.15) is 0 Å². The summed E-state index contributed by atoms with van der Waals surface area (Å²) >= 11 is 0. The summed E-state index contributed by atoms with van der Waals surface area (Å²) in [6, 6.07) is 0.227. The van der Waals surface area contributed by atoms with Gasteiger partial charge >= 0.3 is 0 Å². The van der Waals surface area contributed by atoms with Crippen LogP contribution in [0.3, 0.4) is 0 Å². The van der Waals surface area contributed by atoms with E-state index in [1.165, 1.54) is 6.08 Å². The second-order valence-corrected chi connectivity index (χ2v) is 2.75. The highest BCUT2D eigenvalue weighted by molar-refractivity contribution is 5.87. The number of hydrogen-bond acceptors (Lipinski definition) is 1. The molecule has 58 valence electrons. The van der Waals surface area contributed by atoms with Crippen LogP contribution >= 0.6 is 0 Å². The van der Waals surface area contributed by atoms with Crippen LogP contribution < -0.4 is 5.32 Å². The summed E-state index contributed by atoms with van der Waals surface area (Å²) < 4.78 is 0. The maximum absolute atomic E-state index is 10.7. The van der Waals surface area contributed by atoms with Gasteiger partial charge in [0.1, 0.15) is 0 Å². The van der Waals surface area contributed by atoms with Crippen LogP contribution in [0.4, 0.5) is 0 Å². The largest absolute Gasteiger partial charge is 0.350 e. The van der Waals surface area contributed by atoms with E-state index < -0.39 is 0 Å².